The molecule has 0 aliphatic heterocycles. The Balaban J connectivity index is 2.35. The van der Waals surface area contributed by atoms with Gasteiger partial charge in [0, 0.05) is 18.6 Å². The van der Waals surface area contributed by atoms with Crippen molar-refractivity contribution in [2.45, 2.75) is 13.5 Å². The molecule has 2 aromatic carbocycles. The standard InChI is InChI=1S/C17H18ClNO2/c1-12(20)17-15(8-5-9-16(17)21-3)19(2)11-13-6-4-7-14(18)10-13/h4-10H,11H2,1-3H3. The highest BCUT2D eigenvalue weighted by Crippen LogP contribution is 2.30. The Kier molecular flexibility index (Phi) is 4.86. The van der Waals surface area contributed by atoms with Gasteiger partial charge in [0.05, 0.1) is 18.4 Å². The number of carbonyl (C=O) groups excluding carboxylic acids is 1. The van der Waals surface area contributed by atoms with Crippen LogP contribution < -0.4 is 9.64 Å². The van der Waals surface area contributed by atoms with Gasteiger partial charge in [0.2, 0.25) is 0 Å². The van der Waals surface area contributed by atoms with E-state index in [2.05, 4.69) is 0 Å². The summed E-state index contributed by atoms with van der Waals surface area (Å²) in [6, 6.07) is 13.3. The van der Waals surface area contributed by atoms with Gasteiger partial charge in [-0.2, -0.15) is 0 Å². The molecule has 21 heavy (non-hydrogen) atoms. The van der Waals surface area contributed by atoms with Crippen molar-refractivity contribution >= 4 is 23.1 Å². The lowest BCUT2D eigenvalue weighted by Gasteiger charge is -2.23. The van der Waals surface area contributed by atoms with E-state index in [9.17, 15) is 4.79 Å². The number of carbonyl (C=O) groups is 1. The van der Waals surface area contributed by atoms with Gasteiger partial charge < -0.3 is 9.64 Å². The number of halogens is 1. The first-order valence-electron chi connectivity index (χ1n) is 6.66. The number of ether oxygens (including phenoxy) is 1. The number of nitrogens with zero attached hydrogens (tertiary/aromatic N) is 1. The normalized spacial score (nSPS) is 10.3. The maximum Gasteiger partial charge on any atom is 0.165 e. The fraction of sp³-hybridized carbons (Fsp3) is 0.235. The molecule has 0 radical (unpaired) electrons. The second-order valence-electron chi connectivity index (χ2n) is 4.90. The maximum atomic E-state index is 11.9. The van der Waals surface area contributed by atoms with Crippen LogP contribution in [-0.4, -0.2) is 19.9 Å². The minimum atomic E-state index is -0.0135. The lowest BCUT2D eigenvalue weighted by molar-refractivity contribution is 0.101. The summed E-state index contributed by atoms with van der Waals surface area (Å²) in [6.07, 6.45) is 0. The number of benzene rings is 2. The van der Waals surface area contributed by atoms with E-state index >= 15 is 0 Å². The Labute approximate surface area is 130 Å². The van der Waals surface area contributed by atoms with Crippen LogP contribution in [0.4, 0.5) is 5.69 Å². The lowest BCUT2D eigenvalue weighted by atomic mass is 10.1. The number of rotatable bonds is 5. The van der Waals surface area contributed by atoms with E-state index in [0.29, 0.717) is 22.9 Å². The Hall–Kier alpha value is -2.00. The zero-order valence-electron chi connectivity index (χ0n) is 12.4. The highest BCUT2D eigenvalue weighted by molar-refractivity contribution is 6.30. The first-order chi connectivity index (χ1) is 10.0. The van der Waals surface area contributed by atoms with E-state index in [4.69, 9.17) is 16.3 Å². The molecule has 0 unspecified atom stereocenters. The van der Waals surface area contributed by atoms with Crippen molar-refractivity contribution in [2.75, 3.05) is 19.1 Å². The second kappa shape index (κ2) is 6.64. The topological polar surface area (TPSA) is 29.5 Å². The summed E-state index contributed by atoms with van der Waals surface area (Å²) in [5.41, 5.74) is 2.54. The lowest BCUT2D eigenvalue weighted by Crippen LogP contribution is -2.19. The van der Waals surface area contributed by atoms with Crippen LogP contribution in [0.25, 0.3) is 0 Å². The molecular formula is C17H18ClNO2. The van der Waals surface area contributed by atoms with Crippen molar-refractivity contribution in [3.63, 3.8) is 0 Å². The third kappa shape index (κ3) is 3.56. The molecule has 0 N–H and O–H groups in total. The average Bonchev–Trinajstić information content (AvgIpc) is 2.46. The molecule has 2 aromatic rings. The Morgan fingerprint density at radius 3 is 2.57 bits per heavy atom. The molecule has 2 rings (SSSR count). The average molecular weight is 304 g/mol. The van der Waals surface area contributed by atoms with Gasteiger partial charge in [-0.15, -0.1) is 0 Å². The number of hydrogen-bond donors (Lipinski definition) is 0. The Morgan fingerprint density at radius 2 is 1.95 bits per heavy atom. The van der Waals surface area contributed by atoms with Crippen LogP contribution in [0.2, 0.25) is 5.02 Å². The quantitative estimate of drug-likeness (QED) is 0.776. The monoisotopic (exact) mass is 303 g/mol. The summed E-state index contributed by atoms with van der Waals surface area (Å²) in [4.78, 5) is 13.9. The number of methoxy groups -OCH3 is 1. The third-order valence-electron chi connectivity index (χ3n) is 3.30. The SMILES string of the molecule is COc1cccc(N(C)Cc2cccc(Cl)c2)c1C(C)=O. The number of Topliss-reactive ketones (excluding diaryl/α,β-unsaturated/α-hetero) is 1. The van der Waals surface area contributed by atoms with Crippen molar-refractivity contribution in [1.82, 2.24) is 0 Å². The van der Waals surface area contributed by atoms with Gasteiger partial charge in [0.1, 0.15) is 5.75 Å². The van der Waals surface area contributed by atoms with Crippen LogP contribution in [0.3, 0.4) is 0 Å². The highest BCUT2D eigenvalue weighted by atomic mass is 35.5. The van der Waals surface area contributed by atoms with Crippen molar-refractivity contribution < 1.29 is 9.53 Å². The Morgan fingerprint density at radius 1 is 1.24 bits per heavy atom. The summed E-state index contributed by atoms with van der Waals surface area (Å²) in [5.74, 6) is 0.582. The zero-order chi connectivity index (χ0) is 15.4. The second-order valence-corrected chi connectivity index (χ2v) is 5.33. The fourth-order valence-electron chi connectivity index (χ4n) is 2.36. The largest absolute Gasteiger partial charge is 0.496 e. The van der Waals surface area contributed by atoms with Gasteiger partial charge in [-0.3, -0.25) is 4.79 Å². The molecule has 0 amide bonds. The van der Waals surface area contributed by atoms with Gasteiger partial charge in [-0.05, 0) is 36.8 Å². The van der Waals surface area contributed by atoms with Gasteiger partial charge in [0.25, 0.3) is 0 Å². The molecule has 0 saturated heterocycles. The van der Waals surface area contributed by atoms with Crippen molar-refractivity contribution in [3.05, 3.63) is 58.6 Å². The van der Waals surface area contributed by atoms with Gasteiger partial charge in [0.15, 0.2) is 5.78 Å². The van der Waals surface area contributed by atoms with Crippen LogP contribution in [-0.2, 0) is 6.54 Å². The molecule has 0 saturated carbocycles. The zero-order valence-corrected chi connectivity index (χ0v) is 13.1. The predicted octanol–water partition coefficient (Wildman–Crippen LogP) is 4.19. The van der Waals surface area contributed by atoms with Gasteiger partial charge >= 0.3 is 0 Å². The molecule has 110 valence electrons. The highest BCUT2D eigenvalue weighted by Gasteiger charge is 2.16. The van der Waals surface area contributed by atoms with E-state index < -0.39 is 0 Å². The molecule has 0 aromatic heterocycles. The first kappa shape index (κ1) is 15.4. The van der Waals surface area contributed by atoms with Crippen LogP contribution in [0.5, 0.6) is 5.75 Å². The van der Waals surface area contributed by atoms with E-state index in [-0.39, 0.29) is 5.78 Å². The van der Waals surface area contributed by atoms with Crippen LogP contribution in [0.1, 0.15) is 22.8 Å². The Bertz CT molecular complexity index is 655. The first-order valence-corrected chi connectivity index (χ1v) is 7.04. The van der Waals surface area contributed by atoms with E-state index in [0.717, 1.165) is 11.3 Å². The molecule has 0 aliphatic rings. The summed E-state index contributed by atoms with van der Waals surface area (Å²) in [5, 5.41) is 0.707. The van der Waals surface area contributed by atoms with E-state index in [1.54, 1.807) is 20.1 Å². The van der Waals surface area contributed by atoms with Crippen molar-refractivity contribution in [1.29, 1.82) is 0 Å². The smallest absolute Gasteiger partial charge is 0.165 e. The van der Waals surface area contributed by atoms with Crippen molar-refractivity contribution in [3.8, 4) is 5.75 Å². The molecule has 0 spiro atoms. The summed E-state index contributed by atoms with van der Waals surface area (Å²) < 4.78 is 5.30. The maximum absolute atomic E-state index is 11.9. The van der Waals surface area contributed by atoms with Crippen LogP contribution in [0, 0.1) is 0 Å². The minimum Gasteiger partial charge on any atom is -0.496 e. The third-order valence-corrected chi connectivity index (χ3v) is 3.53. The van der Waals surface area contributed by atoms with Crippen LogP contribution >= 0.6 is 11.6 Å². The predicted molar refractivity (Wildman–Crippen MR) is 86.6 cm³/mol. The van der Waals surface area contributed by atoms with Crippen LogP contribution in [0.15, 0.2) is 42.5 Å². The molecule has 3 nitrogen and oxygen atoms in total. The van der Waals surface area contributed by atoms with E-state index in [1.165, 1.54) is 0 Å². The van der Waals surface area contributed by atoms with Crippen molar-refractivity contribution in [2.24, 2.45) is 0 Å². The summed E-state index contributed by atoms with van der Waals surface area (Å²) in [6.45, 7) is 2.21. The molecule has 0 atom stereocenters. The molecule has 0 heterocycles. The van der Waals surface area contributed by atoms with E-state index in [1.807, 2.05) is 48.3 Å². The molecule has 0 fully saturated rings. The molecule has 4 heteroatoms. The summed E-state index contributed by atoms with van der Waals surface area (Å²) >= 11 is 6.01. The molecule has 0 bridgehead atoms. The van der Waals surface area contributed by atoms with Gasteiger partial charge in [-0.25, -0.2) is 0 Å². The minimum absolute atomic E-state index is 0.0135. The summed E-state index contributed by atoms with van der Waals surface area (Å²) in [7, 11) is 3.52. The van der Waals surface area contributed by atoms with Gasteiger partial charge in [-0.1, -0.05) is 29.8 Å². The number of ketones is 1. The molecular weight excluding hydrogens is 286 g/mol. The number of anilines is 1. The molecule has 0 aliphatic carbocycles. The fourth-order valence-corrected chi connectivity index (χ4v) is 2.57. The number of hydrogen-bond acceptors (Lipinski definition) is 3.